The third-order valence-corrected chi connectivity index (χ3v) is 2.37. The fourth-order valence-corrected chi connectivity index (χ4v) is 1.51. The minimum atomic E-state index is -0.261. The summed E-state index contributed by atoms with van der Waals surface area (Å²) in [7, 11) is 0. The van der Waals surface area contributed by atoms with Crippen molar-refractivity contribution in [1.29, 1.82) is 0 Å². The largest absolute Gasteiger partial charge is 0.353 e. The fourth-order valence-electron chi connectivity index (χ4n) is 1.51. The van der Waals surface area contributed by atoms with E-state index in [0.29, 0.717) is 0 Å². The molecule has 1 aromatic rings. The molecule has 0 saturated carbocycles. The van der Waals surface area contributed by atoms with E-state index in [1.807, 2.05) is 26.8 Å². The third-order valence-electron chi connectivity index (χ3n) is 2.37. The van der Waals surface area contributed by atoms with E-state index in [4.69, 9.17) is 0 Å². The second-order valence-electron chi connectivity index (χ2n) is 4.38. The molecule has 0 aromatic heterocycles. The Morgan fingerprint density at radius 3 is 2.65 bits per heavy atom. The number of amides is 1. The molecule has 1 aromatic carbocycles. The number of halogens is 1. The third kappa shape index (κ3) is 4.95. The smallest absolute Gasteiger partial charge is 0.234 e. The first kappa shape index (κ1) is 13.6. The molecule has 1 atom stereocenters. The Morgan fingerprint density at radius 2 is 2.06 bits per heavy atom. The molecule has 0 fully saturated rings. The minimum absolute atomic E-state index is 0.0522. The van der Waals surface area contributed by atoms with Gasteiger partial charge in [-0.05, 0) is 38.5 Å². The Labute approximate surface area is 101 Å². The van der Waals surface area contributed by atoms with Gasteiger partial charge in [-0.3, -0.25) is 4.79 Å². The first-order valence-electron chi connectivity index (χ1n) is 5.77. The highest BCUT2D eigenvalue weighted by Gasteiger charge is 2.08. The van der Waals surface area contributed by atoms with Gasteiger partial charge in [0.1, 0.15) is 5.82 Å². The predicted octanol–water partition coefficient (Wildman–Crippen LogP) is 2.00. The van der Waals surface area contributed by atoms with Crippen LogP contribution in [0, 0.1) is 5.82 Å². The first-order valence-corrected chi connectivity index (χ1v) is 5.77. The summed E-state index contributed by atoms with van der Waals surface area (Å²) in [6, 6.07) is 6.45. The topological polar surface area (TPSA) is 41.1 Å². The second kappa shape index (κ2) is 6.35. The lowest BCUT2D eigenvalue weighted by atomic mass is 10.1. The lowest BCUT2D eigenvalue weighted by Crippen LogP contribution is -2.38. The SMILES string of the molecule is CC(C)NC(=O)CN[C@@H](C)c1cccc(F)c1. The van der Waals surface area contributed by atoms with Crippen LogP contribution in [0.1, 0.15) is 32.4 Å². The number of carbonyl (C=O) groups excluding carboxylic acids is 1. The fraction of sp³-hybridized carbons (Fsp3) is 0.462. The van der Waals surface area contributed by atoms with Crippen LogP contribution in [0.2, 0.25) is 0 Å². The molecular weight excluding hydrogens is 219 g/mol. The molecule has 4 heteroatoms. The van der Waals surface area contributed by atoms with E-state index >= 15 is 0 Å². The van der Waals surface area contributed by atoms with E-state index in [9.17, 15) is 9.18 Å². The quantitative estimate of drug-likeness (QED) is 0.823. The summed E-state index contributed by atoms with van der Waals surface area (Å²) in [5.41, 5.74) is 0.836. The van der Waals surface area contributed by atoms with Crippen molar-refractivity contribution >= 4 is 5.91 Å². The number of rotatable bonds is 5. The Hall–Kier alpha value is -1.42. The molecule has 0 aliphatic carbocycles. The molecule has 2 N–H and O–H groups in total. The molecule has 94 valence electrons. The van der Waals surface area contributed by atoms with Gasteiger partial charge in [-0.25, -0.2) is 4.39 Å². The monoisotopic (exact) mass is 238 g/mol. The highest BCUT2D eigenvalue weighted by molar-refractivity contribution is 5.78. The molecule has 0 bridgehead atoms. The Morgan fingerprint density at radius 1 is 1.35 bits per heavy atom. The summed E-state index contributed by atoms with van der Waals surface area (Å²) in [6.45, 7) is 5.95. The Balaban J connectivity index is 2.44. The zero-order chi connectivity index (χ0) is 12.8. The number of hydrogen-bond acceptors (Lipinski definition) is 2. The highest BCUT2D eigenvalue weighted by atomic mass is 19.1. The normalized spacial score (nSPS) is 12.5. The van der Waals surface area contributed by atoms with Crippen LogP contribution < -0.4 is 10.6 Å². The lowest BCUT2D eigenvalue weighted by molar-refractivity contribution is -0.120. The zero-order valence-corrected chi connectivity index (χ0v) is 10.5. The molecule has 0 radical (unpaired) electrons. The minimum Gasteiger partial charge on any atom is -0.353 e. The summed E-state index contributed by atoms with van der Waals surface area (Å²) < 4.78 is 13.0. The molecule has 1 amide bonds. The van der Waals surface area contributed by atoms with Crippen LogP contribution in [0.3, 0.4) is 0 Å². The van der Waals surface area contributed by atoms with E-state index in [2.05, 4.69) is 10.6 Å². The van der Waals surface area contributed by atoms with Crippen molar-refractivity contribution in [3.8, 4) is 0 Å². The molecule has 0 heterocycles. The molecule has 0 saturated heterocycles. The van der Waals surface area contributed by atoms with E-state index < -0.39 is 0 Å². The van der Waals surface area contributed by atoms with Gasteiger partial charge in [0, 0.05) is 12.1 Å². The first-order chi connectivity index (χ1) is 7.99. The summed E-state index contributed by atoms with van der Waals surface area (Å²) in [5.74, 6) is -0.314. The highest BCUT2D eigenvalue weighted by Crippen LogP contribution is 2.12. The van der Waals surface area contributed by atoms with Gasteiger partial charge in [0.2, 0.25) is 5.91 Å². The van der Waals surface area contributed by atoms with Crippen LogP contribution in [0.5, 0.6) is 0 Å². The zero-order valence-electron chi connectivity index (χ0n) is 10.5. The van der Waals surface area contributed by atoms with Crippen molar-refractivity contribution in [2.24, 2.45) is 0 Å². The molecule has 17 heavy (non-hydrogen) atoms. The summed E-state index contributed by atoms with van der Waals surface area (Å²) in [5, 5.41) is 5.84. The van der Waals surface area contributed by atoms with Crippen molar-refractivity contribution in [2.75, 3.05) is 6.54 Å². The van der Waals surface area contributed by atoms with Crippen molar-refractivity contribution < 1.29 is 9.18 Å². The van der Waals surface area contributed by atoms with Gasteiger partial charge < -0.3 is 10.6 Å². The summed E-state index contributed by atoms with van der Waals surface area (Å²) in [4.78, 5) is 11.4. The van der Waals surface area contributed by atoms with E-state index in [1.54, 1.807) is 6.07 Å². The molecule has 0 unspecified atom stereocenters. The molecule has 0 spiro atoms. The number of hydrogen-bond donors (Lipinski definition) is 2. The average Bonchev–Trinajstić information content (AvgIpc) is 2.25. The van der Waals surface area contributed by atoms with Crippen molar-refractivity contribution in [3.05, 3.63) is 35.6 Å². The van der Waals surface area contributed by atoms with Crippen LogP contribution in [0.15, 0.2) is 24.3 Å². The van der Waals surface area contributed by atoms with Gasteiger partial charge in [-0.1, -0.05) is 12.1 Å². The van der Waals surface area contributed by atoms with Crippen LogP contribution in [0.25, 0.3) is 0 Å². The van der Waals surface area contributed by atoms with E-state index in [0.717, 1.165) is 5.56 Å². The van der Waals surface area contributed by atoms with Crippen molar-refractivity contribution in [3.63, 3.8) is 0 Å². The van der Waals surface area contributed by atoms with Crippen molar-refractivity contribution in [1.82, 2.24) is 10.6 Å². The van der Waals surface area contributed by atoms with Gasteiger partial charge in [0.05, 0.1) is 6.54 Å². The van der Waals surface area contributed by atoms with Crippen molar-refractivity contribution in [2.45, 2.75) is 32.9 Å². The predicted molar refractivity (Wildman–Crippen MR) is 66.1 cm³/mol. The van der Waals surface area contributed by atoms with Gasteiger partial charge in [0.25, 0.3) is 0 Å². The number of benzene rings is 1. The van der Waals surface area contributed by atoms with Gasteiger partial charge >= 0.3 is 0 Å². The van der Waals surface area contributed by atoms with E-state index in [-0.39, 0.29) is 30.4 Å². The van der Waals surface area contributed by atoms with Gasteiger partial charge in [-0.15, -0.1) is 0 Å². The van der Waals surface area contributed by atoms with Crippen LogP contribution >= 0.6 is 0 Å². The maximum atomic E-state index is 13.0. The van der Waals surface area contributed by atoms with Crippen LogP contribution in [0.4, 0.5) is 4.39 Å². The van der Waals surface area contributed by atoms with Crippen LogP contribution in [-0.4, -0.2) is 18.5 Å². The Kier molecular flexibility index (Phi) is 5.10. The average molecular weight is 238 g/mol. The Bertz CT molecular complexity index is 379. The summed E-state index contributed by atoms with van der Waals surface area (Å²) in [6.07, 6.45) is 0. The molecule has 3 nitrogen and oxygen atoms in total. The lowest BCUT2D eigenvalue weighted by Gasteiger charge is -2.15. The maximum absolute atomic E-state index is 13.0. The molecule has 0 aliphatic heterocycles. The van der Waals surface area contributed by atoms with Crippen LogP contribution in [-0.2, 0) is 4.79 Å². The van der Waals surface area contributed by atoms with E-state index in [1.165, 1.54) is 12.1 Å². The molecule has 1 rings (SSSR count). The van der Waals surface area contributed by atoms with Gasteiger partial charge in [0.15, 0.2) is 0 Å². The number of nitrogens with one attached hydrogen (secondary N) is 2. The summed E-state index contributed by atoms with van der Waals surface area (Å²) >= 11 is 0. The number of carbonyl (C=O) groups is 1. The molecular formula is C13H19FN2O. The second-order valence-corrected chi connectivity index (χ2v) is 4.38. The van der Waals surface area contributed by atoms with Gasteiger partial charge in [-0.2, -0.15) is 0 Å². The molecule has 0 aliphatic rings. The maximum Gasteiger partial charge on any atom is 0.234 e. The standard InChI is InChI=1S/C13H19FN2O/c1-9(2)16-13(17)8-15-10(3)11-5-4-6-12(14)7-11/h4-7,9-10,15H,8H2,1-3H3,(H,16,17)/t10-/m0/s1.